The van der Waals surface area contributed by atoms with Gasteiger partial charge in [-0.2, -0.15) is 0 Å². The molecule has 7 heteroatoms. The number of carboxylic acid groups (broad SMARTS) is 1. The summed E-state index contributed by atoms with van der Waals surface area (Å²) in [7, 11) is 0. The lowest BCUT2D eigenvalue weighted by Crippen LogP contribution is -2.22. The topological polar surface area (TPSA) is 77.8 Å². The number of hydrogen-bond acceptors (Lipinski definition) is 4. The van der Waals surface area contributed by atoms with E-state index in [1.54, 1.807) is 6.07 Å². The molecule has 1 aromatic carbocycles. The minimum absolute atomic E-state index is 0.0153. The number of benzene rings is 1. The molecular weight excluding hydrogens is 329 g/mol. The Balaban J connectivity index is 1.87. The summed E-state index contributed by atoms with van der Waals surface area (Å²) in [5, 5.41) is 8.79. The van der Waals surface area contributed by atoms with Gasteiger partial charge >= 0.3 is 5.97 Å². The molecule has 25 heavy (non-hydrogen) atoms. The Hall–Kier alpha value is -2.67. The molecular formula is C18H18FNO5. The zero-order chi connectivity index (χ0) is 17.8. The monoisotopic (exact) mass is 347 g/mol. The maximum Gasteiger partial charge on any atom is 0.323 e. The molecule has 1 fully saturated rings. The average Bonchev–Trinajstić information content (AvgIpc) is 3.08. The van der Waals surface area contributed by atoms with Crippen LogP contribution in [0.1, 0.15) is 12.8 Å². The Bertz CT molecular complexity index is 826. The van der Waals surface area contributed by atoms with Crippen LogP contribution in [0.5, 0.6) is 5.75 Å². The van der Waals surface area contributed by atoms with Crippen molar-refractivity contribution in [3.8, 4) is 16.9 Å². The fraction of sp³-hybridized carbons (Fsp3) is 0.333. The highest BCUT2D eigenvalue weighted by molar-refractivity contribution is 5.70. The fourth-order valence-electron chi connectivity index (χ4n) is 2.76. The van der Waals surface area contributed by atoms with Crippen LogP contribution >= 0.6 is 0 Å². The lowest BCUT2D eigenvalue weighted by Gasteiger charge is -2.15. The van der Waals surface area contributed by atoms with E-state index in [4.69, 9.17) is 14.6 Å². The highest BCUT2D eigenvalue weighted by Crippen LogP contribution is 2.30. The quantitative estimate of drug-likeness (QED) is 0.867. The number of ether oxygens (including phenoxy) is 2. The van der Waals surface area contributed by atoms with Gasteiger partial charge in [0.1, 0.15) is 24.7 Å². The van der Waals surface area contributed by atoms with Crippen molar-refractivity contribution in [1.29, 1.82) is 0 Å². The van der Waals surface area contributed by atoms with Gasteiger partial charge in [0.2, 0.25) is 0 Å². The van der Waals surface area contributed by atoms with E-state index in [9.17, 15) is 14.0 Å². The van der Waals surface area contributed by atoms with Crippen LogP contribution in [-0.2, 0) is 16.1 Å². The molecule has 0 radical (unpaired) electrons. The van der Waals surface area contributed by atoms with Gasteiger partial charge in [0.15, 0.2) is 0 Å². The molecule has 132 valence electrons. The molecule has 0 bridgehead atoms. The Morgan fingerprint density at radius 1 is 1.36 bits per heavy atom. The van der Waals surface area contributed by atoms with Crippen molar-refractivity contribution in [3.63, 3.8) is 0 Å². The summed E-state index contributed by atoms with van der Waals surface area (Å²) < 4.78 is 26.0. The van der Waals surface area contributed by atoms with Gasteiger partial charge in [-0.15, -0.1) is 0 Å². The highest BCUT2D eigenvalue weighted by Gasteiger charge is 2.17. The smallest absolute Gasteiger partial charge is 0.323 e. The molecule has 1 unspecified atom stereocenters. The number of hydrogen-bond donors (Lipinski definition) is 1. The van der Waals surface area contributed by atoms with E-state index in [1.807, 2.05) is 0 Å². The second-order valence-corrected chi connectivity index (χ2v) is 5.86. The third-order valence-corrected chi connectivity index (χ3v) is 4.00. The molecule has 0 amide bonds. The molecule has 1 aliphatic rings. The Morgan fingerprint density at radius 2 is 2.20 bits per heavy atom. The predicted molar refractivity (Wildman–Crippen MR) is 88.2 cm³/mol. The van der Waals surface area contributed by atoms with Crippen molar-refractivity contribution in [2.45, 2.75) is 25.5 Å². The molecule has 1 N–H and O–H groups in total. The van der Waals surface area contributed by atoms with Gasteiger partial charge < -0.3 is 19.1 Å². The van der Waals surface area contributed by atoms with Crippen LogP contribution in [0.2, 0.25) is 0 Å². The van der Waals surface area contributed by atoms with Gasteiger partial charge in [-0.1, -0.05) is 0 Å². The fourth-order valence-corrected chi connectivity index (χ4v) is 2.76. The van der Waals surface area contributed by atoms with E-state index in [1.165, 1.54) is 30.5 Å². The first kappa shape index (κ1) is 17.2. The first-order chi connectivity index (χ1) is 12.0. The van der Waals surface area contributed by atoms with Gasteiger partial charge in [-0.3, -0.25) is 9.59 Å². The van der Waals surface area contributed by atoms with Crippen LogP contribution in [0.3, 0.4) is 0 Å². The number of carbonyl (C=O) groups is 1. The van der Waals surface area contributed by atoms with Crippen molar-refractivity contribution in [2.24, 2.45) is 0 Å². The molecule has 1 atom stereocenters. The van der Waals surface area contributed by atoms with Crippen LogP contribution in [0.4, 0.5) is 4.39 Å². The molecule has 3 rings (SSSR count). The summed E-state index contributed by atoms with van der Waals surface area (Å²) in [6, 6.07) is 6.94. The first-order valence-corrected chi connectivity index (χ1v) is 7.99. The minimum atomic E-state index is -1.11. The predicted octanol–water partition coefficient (Wildman–Crippen LogP) is 2.30. The SMILES string of the molecule is O=C(O)Cn1ccc(-c2cc(F)ccc2OCC2CCCO2)cc1=O. The standard InChI is InChI=1S/C18H18FNO5/c19-13-3-4-16(25-11-14-2-1-7-24-14)15(9-13)12-5-6-20(10-18(22)23)17(21)8-12/h3-6,8-9,14H,1-2,7,10-11H2,(H,22,23). The zero-order valence-electron chi connectivity index (χ0n) is 13.5. The van der Waals surface area contributed by atoms with Gasteiger partial charge in [-0.05, 0) is 42.7 Å². The van der Waals surface area contributed by atoms with E-state index < -0.39 is 23.9 Å². The second-order valence-electron chi connectivity index (χ2n) is 5.86. The number of pyridine rings is 1. The summed E-state index contributed by atoms with van der Waals surface area (Å²) >= 11 is 0. The zero-order valence-corrected chi connectivity index (χ0v) is 13.5. The average molecular weight is 347 g/mol. The van der Waals surface area contributed by atoms with Crippen LogP contribution < -0.4 is 10.3 Å². The van der Waals surface area contributed by atoms with Crippen molar-refractivity contribution < 1.29 is 23.8 Å². The second kappa shape index (κ2) is 7.48. The van der Waals surface area contributed by atoms with E-state index in [-0.39, 0.29) is 6.10 Å². The third-order valence-electron chi connectivity index (χ3n) is 4.00. The summed E-state index contributed by atoms with van der Waals surface area (Å²) in [6.45, 7) is 0.644. The maximum absolute atomic E-state index is 13.7. The molecule has 6 nitrogen and oxygen atoms in total. The molecule has 0 aliphatic carbocycles. The number of halogens is 1. The minimum Gasteiger partial charge on any atom is -0.490 e. The molecule has 1 aromatic heterocycles. The van der Waals surface area contributed by atoms with E-state index in [2.05, 4.69) is 0 Å². The lowest BCUT2D eigenvalue weighted by molar-refractivity contribution is -0.137. The number of carboxylic acids is 1. The normalized spacial score (nSPS) is 16.8. The van der Waals surface area contributed by atoms with Crippen molar-refractivity contribution in [1.82, 2.24) is 4.57 Å². The van der Waals surface area contributed by atoms with Crippen LogP contribution in [0, 0.1) is 5.82 Å². The molecule has 0 saturated carbocycles. The first-order valence-electron chi connectivity index (χ1n) is 7.99. The van der Waals surface area contributed by atoms with Crippen molar-refractivity contribution in [3.05, 3.63) is 52.7 Å². The van der Waals surface area contributed by atoms with Gasteiger partial charge in [-0.25, -0.2) is 4.39 Å². The molecule has 2 heterocycles. The summed E-state index contributed by atoms with van der Waals surface area (Å²) in [5.74, 6) is -1.11. The largest absolute Gasteiger partial charge is 0.490 e. The lowest BCUT2D eigenvalue weighted by atomic mass is 10.1. The summed E-state index contributed by atoms with van der Waals surface area (Å²) in [6.07, 6.45) is 3.30. The molecule has 1 saturated heterocycles. The molecule has 1 aliphatic heterocycles. The Labute approximate surface area is 143 Å². The molecule has 0 spiro atoms. The number of rotatable bonds is 6. The van der Waals surface area contributed by atoms with Crippen molar-refractivity contribution >= 4 is 5.97 Å². The van der Waals surface area contributed by atoms with Crippen LogP contribution in [0.15, 0.2) is 41.3 Å². The van der Waals surface area contributed by atoms with Gasteiger partial charge in [0.25, 0.3) is 5.56 Å². The summed E-state index contributed by atoms with van der Waals surface area (Å²) in [4.78, 5) is 22.8. The molecule has 2 aromatic rings. The number of aromatic nitrogens is 1. The van der Waals surface area contributed by atoms with Crippen molar-refractivity contribution in [2.75, 3.05) is 13.2 Å². The van der Waals surface area contributed by atoms with Gasteiger partial charge in [0, 0.05) is 24.4 Å². The van der Waals surface area contributed by atoms with Crippen LogP contribution in [-0.4, -0.2) is 35.0 Å². The number of aliphatic carboxylic acids is 1. The Kier molecular flexibility index (Phi) is 5.14. The van der Waals surface area contributed by atoms with E-state index >= 15 is 0 Å². The van der Waals surface area contributed by atoms with E-state index in [0.29, 0.717) is 30.1 Å². The van der Waals surface area contributed by atoms with E-state index in [0.717, 1.165) is 17.4 Å². The number of nitrogens with zero attached hydrogens (tertiary/aromatic N) is 1. The Morgan fingerprint density at radius 3 is 2.88 bits per heavy atom. The highest BCUT2D eigenvalue weighted by atomic mass is 19.1. The van der Waals surface area contributed by atoms with Crippen LogP contribution in [0.25, 0.3) is 11.1 Å². The summed E-state index contributed by atoms with van der Waals surface area (Å²) in [5.41, 5.74) is 0.431. The van der Waals surface area contributed by atoms with Gasteiger partial charge in [0.05, 0.1) is 6.10 Å². The third kappa shape index (κ3) is 4.24. The maximum atomic E-state index is 13.7.